The van der Waals surface area contributed by atoms with E-state index in [9.17, 15) is 21.6 Å². The number of hydrogen-bond donors (Lipinski definition) is 2. The van der Waals surface area contributed by atoms with E-state index in [0.29, 0.717) is 12.1 Å². The van der Waals surface area contributed by atoms with E-state index in [1.807, 2.05) is 0 Å². The van der Waals surface area contributed by atoms with Gasteiger partial charge in [0.15, 0.2) is 9.84 Å². The fraction of sp³-hybridized carbons (Fsp3) is 0.250. The third-order valence-electron chi connectivity index (χ3n) is 1.87. The molecule has 0 spiro atoms. The molecule has 1 rings (SSSR count). The number of phenols is 1. The van der Waals surface area contributed by atoms with Gasteiger partial charge in [-0.25, -0.2) is 8.42 Å². The molecular formula is C8H8F3NO3S. The van der Waals surface area contributed by atoms with Crippen molar-refractivity contribution in [2.24, 2.45) is 0 Å². The third-order valence-corrected chi connectivity index (χ3v) is 2.96. The van der Waals surface area contributed by atoms with E-state index >= 15 is 0 Å². The van der Waals surface area contributed by atoms with Gasteiger partial charge in [-0.2, -0.15) is 13.2 Å². The van der Waals surface area contributed by atoms with Crippen molar-refractivity contribution >= 4 is 15.5 Å². The molecule has 4 nitrogen and oxygen atoms in total. The predicted octanol–water partition coefficient (Wildman–Crippen LogP) is 1.40. The lowest BCUT2D eigenvalue weighted by Crippen LogP contribution is -2.11. The van der Waals surface area contributed by atoms with Gasteiger partial charge in [-0.1, -0.05) is 0 Å². The third kappa shape index (κ3) is 2.38. The number of alkyl halides is 3. The Morgan fingerprint density at radius 1 is 1.31 bits per heavy atom. The van der Waals surface area contributed by atoms with Crippen LogP contribution in [-0.2, 0) is 16.0 Å². The highest BCUT2D eigenvalue weighted by Gasteiger charge is 2.35. The topological polar surface area (TPSA) is 80.4 Å². The number of hydrogen-bond acceptors (Lipinski definition) is 4. The Bertz CT molecular complexity index is 522. The summed E-state index contributed by atoms with van der Waals surface area (Å²) in [6, 6.07) is 1.07. The first-order valence-corrected chi connectivity index (χ1v) is 5.82. The van der Waals surface area contributed by atoms with Crippen LogP contribution in [0.1, 0.15) is 5.56 Å². The number of phenolic OH excluding ortho intramolecular Hbond substituents is 1. The minimum Gasteiger partial charge on any atom is -0.506 e. The summed E-state index contributed by atoms with van der Waals surface area (Å²) in [5.41, 5.74) is 2.76. The van der Waals surface area contributed by atoms with Crippen LogP contribution in [0.5, 0.6) is 5.75 Å². The molecule has 0 bridgehead atoms. The van der Waals surface area contributed by atoms with E-state index in [-0.39, 0.29) is 0 Å². The van der Waals surface area contributed by atoms with Crippen LogP contribution in [0, 0.1) is 0 Å². The van der Waals surface area contributed by atoms with Gasteiger partial charge in [-0.15, -0.1) is 0 Å². The highest BCUT2D eigenvalue weighted by atomic mass is 32.2. The first-order valence-electron chi connectivity index (χ1n) is 3.93. The summed E-state index contributed by atoms with van der Waals surface area (Å²) in [4.78, 5) is -0.633. The maximum absolute atomic E-state index is 12.4. The van der Waals surface area contributed by atoms with Crippen molar-refractivity contribution in [3.05, 3.63) is 17.7 Å². The molecule has 0 aliphatic carbocycles. The molecule has 16 heavy (non-hydrogen) atoms. The molecule has 8 heteroatoms. The van der Waals surface area contributed by atoms with E-state index in [1.165, 1.54) is 0 Å². The summed E-state index contributed by atoms with van der Waals surface area (Å²) in [6.07, 6.45) is -4.08. The normalized spacial score (nSPS) is 12.8. The maximum atomic E-state index is 12.4. The average Bonchev–Trinajstić information content (AvgIpc) is 2.05. The number of nitrogen functional groups attached to an aromatic ring is 1. The van der Waals surface area contributed by atoms with Gasteiger partial charge in [0.25, 0.3) is 0 Å². The molecule has 1 aromatic rings. The SMILES string of the molecule is CS(=O)(=O)c1cc(O)c(N)c(C(F)(F)F)c1. The number of rotatable bonds is 1. The van der Waals surface area contributed by atoms with E-state index < -0.39 is 37.9 Å². The van der Waals surface area contributed by atoms with E-state index in [4.69, 9.17) is 10.8 Å². The molecule has 0 aromatic heterocycles. The van der Waals surface area contributed by atoms with Crippen LogP contribution in [0.2, 0.25) is 0 Å². The zero-order valence-corrected chi connectivity index (χ0v) is 8.85. The molecule has 0 fully saturated rings. The van der Waals surface area contributed by atoms with Crippen LogP contribution in [-0.4, -0.2) is 19.8 Å². The van der Waals surface area contributed by atoms with Crippen LogP contribution in [0.25, 0.3) is 0 Å². The number of benzene rings is 1. The van der Waals surface area contributed by atoms with Crippen molar-refractivity contribution < 1.29 is 26.7 Å². The molecule has 0 saturated heterocycles. The highest BCUT2D eigenvalue weighted by Crippen LogP contribution is 2.39. The minimum absolute atomic E-state index is 0.393. The predicted molar refractivity (Wildman–Crippen MR) is 50.6 cm³/mol. The average molecular weight is 255 g/mol. The second-order valence-electron chi connectivity index (χ2n) is 3.17. The fourth-order valence-corrected chi connectivity index (χ4v) is 1.72. The smallest absolute Gasteiger partial charge is 0.418 e. The highest BCUT2D eigenvalue weighted by molar-refractivity contribution is 7.90. The van der Waals surface area contributed by atoms with Gasteiger partial charge in [-0.05, 0) is 6.07 Å². The quantitative estimate of drug-likeness (QED) is 0.587. The first kappa shape index (κ1) is 12.6. The number of halogens is 3. The summed E-state index contributed by atoms with van der Waals surface area (Å²) in [5.74, 6) is -0.907. The van der Waals surface area contributed by atoms with Crippen LogP contribution in [0.15, 0.2) is 17.0 Å². The molecular weight excluding hydrogens is 247 g/mol. The molecule has 0 aliphatic rings. The lowest BCUT2D eigenvalue weighted by Gasteiger charge is -2.12. The van der Waals surface area contributed by atoms with Gasteiger partial charge in [0.1, 0.15) is 5.75 Å². The molecule has 0 amide bonds. The summed E-state index contributed by atoms with van der Waals surface area (Å²) in [5, 5.41) is 9.12. The standard InChI is InChI=1S/C8H8F3NO3S/c1-16(14,15)4-2-5(8(9,10)11)7(12)6(13)3-4/h2-3,13H,12H2,1H3. The zero-order valence-electron chi connectivity index (χ0n) is 8.04. The zero-order chi connectivity index (χ0) is 12.7. The second kappa shape index (κ2) is 3.55. The minimum atomic E-state index is -4.82. The largest absolute Gasteiger partial charge is 0.506 e. The molecule has 1 aromatic carbocycles. The second-order valence-corrected chi connectivity index (χ2v) is 5.19. The van der Waals surface area contributed by atoms with Crippen LogP contribution < -0.4 is 5.73 Å². The summed E-state index contributed by atoms with van der Waals surface area (Å²) >= 11 is 0. The van der Waals surface area contributed by atoms with Crippen LogP contribution in [0.3, 0.4) is 0 Å². The molecule has 90 valence electrons. The summed E-state index contributed by atoms with van der Waals surface area (Å²) in [7, 11) is -3.84. The summed E-state index contributed by atoms with van der Waals surface area (Å²) < 4.78 is 59.3. The lowest BCUT2D eigenvalue weighted by molar-refractivity contribution is -0.137. The van der Waals surface area contributed by atoms with Crippen LogP contribution in [0.4, 0.5) is 18.9 Å². The Labute approximate surface area is 89.4 Å². The van der Waals surface area contributed by atoms with Gasteiger partial charge in [0.05, 0.1) is 16.1 Å². The Morgan fingerprint density at radius 3 is 2.19 bits per heavy atom. The Kier molecular flexibility index (Phi) is 2.80. The van der Waals surface area contributed by atoms with E-state index in [2.05, 4.69) is 0 Å². The Balaban J connectivity index is 3.59. The van der Waals surface area contributed by atoms with Gasteiger partial charge < -0.3 is 10.8 Å². The van der Waals surface area contributed by atoms with E-state index in [0.717, 1.165) is 6.26 Å². The number of aromatic hydroxyl groups is 1. The molecule has 0 saturated carbocycles. The molecule has 0 aliphatic heterocycles. The van der Waals surface area contributed by atoms with E-state index in [1.54, 1.807) is 0 Å². The van der Waals surface area contributed by atoms with Crippen molar-refractivity contribution in [3.8, 4) is 5.75 Å². The van der Waals surface area contributed by atoms with Gasteiger partial charge in [0, 0.05) is 12.3 Å². The monoisotopic (exact) mass is 255 g/mol. The number of sulfone groups is 1. The summed E-state index contributed by atoms with van der Waals surface area (Å²) in [6.45, 7) is 0. The first-order chi connectivity index (χ1) is 7.03. The lowest BCUT2D eigenvalue weighted by atomic mass is 10.1. The Hall–Kier alpha value is -1.44. The van der Waals surface area contributed by atoms with Crippen LogP contribution >= 0.6 is 0 Å². The molecule has 0 unspecified atom stereocenters. The van der Waals surface area contributed by atoms with Gasteiger partial charge in [0.2, 0.25) is 0 Å². The van der Waals surface area contributed by atoms with Crippen molar-refractivity contribution in [1.29, 1.82) is 0 Å². The van der Waals surface area contributed by atoms with Gasteiger partial charge >= 0.3 is 6.18 Å². The molecule has 0 heterocycles. The Morgan fingerprint density at radius 2 is 1.81 bits per heavy atom. The van der Waals surface area contributed by atoms with Crippen molar-refractivity contribution in [2.75, 3.05) is 12.0 Å². The fourth-order valence-electron chi connectivity index (χ4n) is 1.06. The van der Waals surface area contributed by atoms with Crippen molar-refractivity contribution in [2.45, 2.75) is 11.1 Å². The maximum Gasteiger partial charge on any atom is 0.418 e. The van der Waals surface area contributed by atoms with Crippen molar-refractivity contribution in [1.82, 2.24) is 0 Å². The van der Waals surface area contributed by atoms with Crippen molar-refractivity contribution in [3.63, 3.8) is 0 Å². The molecule has 3 N–H and O–H groups in total. The van der Waals surface area contributed by atoms with Gasteiger partial charge in [-0.3, -0.25) is 0 Å². The molecule has 0 radical (unpaired) electrons. The number of anilines is 1. The molecule has 0 atom stereocenters. The number of nitrogens with two attached hydrogens (primary N) is 1.